The van der Waals surface area contributed by atoms with Crippen LogP contribution in [0, 0.1) is 10.1 Å². The number of carbonyl (C=O) groups is 1. The van der Waals surface area contributed by atoms with Gasteiger partial charge in [-0.1, -0.05) is 6.07 Å². The third-order valence-electron chi connectivity index (χ3n) is 4.31. The molecule has 28 heavy (non-hydrogen) atoms. The maximum absolute atomic E-state index is 12.3. The highest BCUT2D eigenvalue weighted by Gasteiger charge is 2.26. The van der Waals surface area contributed by atoms with Gasteiger partial charge in [-0.3, -0.25) is 14.9 Å². The van der Waals surface area contributed by atoms with E-state index in [-0.39, 0.29) is 41.9 Å². The van der Waals surface area contributed by atoms with Crippen LogP contribution in [0.4, 0.5) is 5.69 Å². The van der Waals surface area contributed by atoms with Gasteiger partial charge in [0.15, 0.2) is 17.2 Å². The first-order valence-corrected chi connectivity index (χ1v) is 8.57. The Balaban J connectivity index is 1.62. The summed E-state index contributed by atoms with van der Waals surface area (Å²) < 4.78 is 20.8. The minimum atomic E-state index is -0.573. The van der Waals surface area contributed by atoms with Crippen LogP contribution in [0.2, 0.25) is 0 Å². The molecule has 0 aliphatic carbocycles. The molecule has 1 aliphatic heterocycles. The minimum Gasteiger partial charge on any atom is -0.493 e. The van der Waals surface area contributed by atoms with Crippen molar-refractivity contribution in [3.8, 4) is 23.0 Å². The van der Waals surface area contributed by atoms with Crippen molar-refractivity contribution in [3.05, 3.63) is 51.6 Å². The second kappa shape index (κ2) is 8.47. The van der Waals surface area contributed by atoms with Gasteiger partial charge in [0.2, 0.25) is 18.4 Å². The van der Waals surface area contributed by atoms with Crippen molar-refractivity contribution in [1.29, 1.82) is 0 Å². The standard InChI is InChI=1S/C19H20N2O7/c1-25-15-6-4-13(18(21(23)24)19(15)26-2)10-17(22)20-8-7-12-3-5-14-16(9-12)28-11-27-14/h3-6,9H,7-8,10-11H2,1-2H3,(H,20,22). The predicted octanol–water partition coefficient (Wildman–Crippen LogP) is 2.24. The Hall–Kier alpha value is -3.49. The molecule has 1 aliphatic rings. The van der Waals surface area contributed by atoms with Gasteiger partial charge in [-0.15, -0.1) is 0 Å². The number of rotatable bonds is 8. The number of nitro groups is 1. The lowest BCUT2D eigenvalue weighted by atomic mass is 10.1. The Morgan fingerprint density at radius 3 is 2.68 bits per heavy atom. The lowest BCUT2D eigenvalue weighted by Crippen LogP contribution is -2.27. The fourth-order valence-corrected chi connectivity index (χ4v) is 2.97. The highest BCUT2D eigenvalue weighted by molar-refractivity contribution is 5.81. The molecule has 0 spiro atoms. The maximum Gasteiger partial charge on any atom is 0.318 e. The van der Waals surface area contributed by atoms with E-state index in [1.807, 2.05) is 18.2 Å². The second-order valence-corrected chi connectivity index (χ2v) is 6.03. The van der Waals surface area contributed by atoms with Crippen LogP contribution >= 0.6 is 0 Å². The molecule has 0 saturated heterocycles. The summed E-state index contributed by atoms with van der Waals surface area (Å²) in [5.41, 5.74) is 0.970. The van der Waals surface area contributed by atoms with Crippen LogP contribution in [0.15, 0.2) is 30.3 Å². The molecule has 0 unspecified atom stereocenters. The summed E-state index contributed by atoms with van der Waals surface area (Å²) in [5.74, 6) is 1.30. The van der Waals surface area contributed by atoms with E-state index in [9.17, 15) is 14.9 Å². The van der Waals surface area contributed by atoms with E-state index in [0.29, 0.717) is 24.5 Å². The molecule has 0 fully saturated rings. The van der Waals surface area contributed by atoms with E-state index in [1.165, 1.54) is 20.3 Å². The Labute approximate surface area is 161 Å². The largest absolute Gasteiger partial charge is 0.493 e. The molecule has 0 bridgehead atoms. The SMILES string of the molecule is COc1ccc(CC(=O)NCCc2ccc3c(c2)OCO3)c([N+](=O)[O-])c1OC. The second-order valence-electron chi connectivity index (χ2n) is 6.03. The predicted molar refractivity (Wildman–Crippen MR) is 99.2 cm³/mol. The first-order chi connectivity index (χ1) is 13.5. The zero-order valence-corrected chi connectivity index (χ0v) is 15.5. The van der Waals surface area contributed by atoms with Crippen molar-refractivity contribution in [2.24, 2.45) is 0 Å². The fraction of sp³-hybridized carbons (Fsp3) is 0.316. The van der Waals surface area contributed by atoms with Crippen LogP contribution in [0.25, 0.3) is 0 Å². The molecular weight excluding hydrogens is 368 g/mol. The van der Waals surface area contributed by atoms with Gasteiger partial charge in [0, 0.05) is 12.1 Å². The third-order valence-corrected chi connectivity index (χ3v) is 4.31. The smallest absolute Gasteiger partial charge is 0.318 e. The van der Waals surface area contributed by atoms with Crippen LogP contribution in [0.5, 0.6) is 23.0 Å². The quantitative estimate of drug-likeness (QED) is 0.545. The van der Waals surface area contributed by atoms with Gasteiger partial charge < -0.3 is 24.3 Å². The van der Waals surface area contributed by atoms with Crippen molar-refractivity contribution >= 4 is 11.6 Å². The number of methoxy groups -OCH3 is 2. The van der Waals surface area contributed by atoms with Crippen LogP contribution < -0.4 is 24.3 Å². The van der Waals surface area contributed by atoms with Crippen molar-refractivity contribution in [3.63, 3.8) is 0 Å². The molecule has 9 nitrogen and oxygen atoms in total. The molecule has 148 valence electrons. The molecule has 1 N–H and O–H groups in total. The zero-order chi connectivity index (χ0) is 20.1. The van der Waals surface area contributed by atoms with Gasteiger partial charge in [-0.25, -0.2) is 0 Å². The molecule has 3 rings (SSSR count). The highest BCUT2D eigenvalue weighted by atomic mass is 16.7. The van der Waals surface area contributed by atoms with Crippen LogP contribution in [0.3, 0.4) is 0 Å². The first-order valence-electron chi connectivity index (χ1n) is 8.57. The Morgan fingerprint density at radius 1 is 1.18 bits per heavy atom. The van der Waals surface area contributed by atoms with Crippen LogP contribution in [-0.4, -0.2) is 38.4 Å². The monoisotopic (exact) mass is 388 g/mol. The number of nitrogens with one attached hydrogen (secondary N) is 1. The topological polar surface area (TPSA) is 109 Å². The summed E-state index contributed by atoms with van der Waals surface area (Å²) in [6, 6.07) is 8.64. The van der Waals surface area contributed by atoms with E-state index in [0.717, 1.165) is 5.56 Å². The third kappa shape index (κ3) is 4.08. The average Bonchev–Trinajstić information content (AvgIpc) is 3.15. The Morgan fingerprint density at radius 2 is 1.96 bits per heavy atom. The van der Waals surface area contributed by atoms with Crippen LogP contribution in [0.1, 0.15) is 11.1 Å². The van der Waals surface area contributed by atoms with Gasteiger partial charge in [-0.2, -0.15) is 0 Å². The van der Waals surface area contributed by atoms with Gasteiger partial charge in [0.25, 0.3) is 0 Å². The Kier molecular flexibility index (Phi) is 5.83. The van der Waals surface area contributed by atoms with Gasteiger partial charge in [0.1, 0.15) is 0 Å². The number of hydrogen-bond acceptors (Lipinski definition) is 7. The van der Waals surface area contributed by atoms with Gasteiger partial charge in [-0.05, 0) is 36.2 Å². The summed E-state index contributed by atoms with van der Waals surface area (Å²) in [5, 5.41) is 14.2. The molecule has 0 saturated carbocycles. The number of nitrogens with zero attached hydrogens (tertiary/aromatic N) is 1. The molecular formula is C19H20N2O7. The summed E-state index contributed by atoms with van der Waals surface area (Å²) in [6.45, 7) is 0.596. The number of nitro benzene ring substituents is 1. The first kappa shape index (κ1) is 19.3. The van der Waals surface area contributed by atoms with Crippen molar-refractivity contribution < 1.29 is 28.7 Å². The average molecular weight is 388 g/mol. The normalized spacial score (nSPS) is 11.8. The molecule has 0 atom stereocenters. The lowest BCUT2D eigenvalue weighted by Gasteiger charge is -2.11. The summed E-state index contributed by atoms with van der Waals surface area (Å²) in [6.07, 6.45) is 0.453. The molecule has 1 amide bonds. The molecule has 2 aromatic rings. The van der Waals surface area contributed by atoms with Crippen molar-refractivity contribution in [2.75, 3.05) is 27.6 Å². The molecule has 1 heterocycles. The van der Waals surface area contributed by atoms with E-state index in [1.54, 1.807) is 6.07 Å². The highest BCUT2D eigenvalue weighted by Crippen LogP contribution is 2.39. The molecule has 0 radical (unpaired) electrons. The number of fused-ring (bicyclic) bond motifs is 1. The summed E-state index contributed by atoms with van der Waals surface area (Å²) >= 11 is 0. The summed E-state index contributed by atoms with van der Waals surface area (Å²) in [7, 11) is 2.71. The molecule has 2 aromatic carbocycles. The molecule has 9 heteroatoms. The fourth-order valence-electron chi connectivity index (χ4n) is 2.97. The number of amides is 1. The van der Waals surface area contributed by atoms with Gasteiger partial charge in [0.05, 0.1) is 25.6 Å². The van der Waals surface area contributed by atoms with E-state index in [2.05, 4.69) is 5.32 Å². The van der Waals surface area contributed by atoms with Crippen molar-refractivity contribution in [1.82, 2.24) is 5.32 Å². The number of hydrogen-bond donors (Lipinski definition) is 1. The van der Waals surface area contributed by atoms with Crippen LogP contribution in [-0.2, 0) is 17.6 Å². The number of carbonyl (C=O) groups excluding carboxylic acids is 1. The molecule has 0 aromatic heterocycles. The maximum atomic E-state index is 12.3. The van der Waals surface area contributed by atoms with E-state index in [4.69, 9.17) is 18.9 Å². The minimum absolute atomic E-state index is 0.00170. The van der Waals surface area contributed by atoms with Crippen molar-refractivity contribution in [2.45, 2.75) is 12.8 Å². The summed E-state index contributed by atoms with van der Waals surface area (Å²) in [4.78, 5) is 23.2. The zero-order valence-electron chi connectivity index (χ0n) is 15.5. The number of ether oxygens (including phenoxy) is 4. The lowest BCUT2D eigenvalue weighted by molar-refractivity contribution is -0.386. The Bertz CT molecular complexity index is 898. The van der Waals surface area contributed by atoms with E-state index >= 15 is 0 Å². The van der Waals surface area contributed by atoms with Gasteiger partial charge >= 0.3 is 5.69 Å². The van der Waals surface area contributed by atoms with E-state index < -0.39 is 4.92 Å². The number of benzene rings is 2.